The molecule has 92 valence electrons. The van der Waals surface area contributed by atoms with Crippen molar-refractivity contribution >= 4 is 26.9 Å². The Labute approximate surface area is 108 Å². The summed E-state index contributed by atoms with van der Waals surface area (Å²) in [5, 5.41) is 4.21. The van der Waals surface area contributed by atoms with E-state index in [0.29, 0.717) is 22.5 Å². The van der Waals surface area contributed by atoms with Crippen LogP contribution in [0, 0.1) is 11.7 Å². The van der Waals surface area contributed by atoms with Gasteiger partial charge in [0.05, 0.1) is 11.0 Å². The maximum atomic E-state index is 13.3. The summed E-state index contributed by atoms with van der Waals surface area (Å²) in [6.45, 7) is 5.91. The Kier molecular flexibility index (Phi) is 3.84. The first-order valence-corrected chi connectivity index (χ1v) is 6.43. The average molecular weight is 300 g/mol. The summed E-state index contributed by atoms with van der Waals surface area (Å²) in [6.07, 6.45) is 0. The van der Waals surface area contributed by atoms with Gasteiger partial charge in [0.15, 0.2) is 0 Å². The van der Waals surface area contributed by atoms with Crippen LogP contribution in [0.2, 0.25) is 0 Å². The highest BCUT2D eigenvalue weighted by molar-refractivity contribution is 9.10. The number of nitrogens with one attached hydrogen (secondary N) is 1. The molecule has 0 aliphatic heterocycles. The molecule has 1 heterocycles. The third-order valence-corrected chi connectivity index (χ3v) is 3.07. The summed E-state index contributed by atoms with van der Waals surface area (Å²) in [4.78, 5) is 0. The van der Waals surface area contributed by atoms with Crippen molar-refractivity contribution in [3.63, 3.8) is 0 Å². The second-order valence-electron chi connectivity index (χ2n) is 4.54. The van der Waals surface area contributed by atoms with Gasteiger partial charge in [-0.3, -0.25) is 0 Å². The van der Waals surface area contributed by atoms with Crippen LogP contribution in [0.15, 0.2) is 27.1 Å². The van der Waals surface area contributed by atoms with E-state index >= 15 is 0 Å². The van der Waals surface area contributed by atoms with Crippen LogP contribution in [0.25, 0.3) is 11.0 Å². The predicted octanol–water partition coefficient (Wildman–Crippen LogP) is 4.08. The third kappa shape index (κ3) is 3.07. The smallest absolute Gasteiger partial charge is 0.141 e. The SMILES string of the molecule is CC(C)CNCc1cc2cc(Br)c(F)cc2o1. The maximum absolute atomic E-state index is 13.3. The van der Waals surface area contributed by atoms with Gasteiger partial charge in [-0.05, 0) is 40.5 Å². The minimum absolute atomic E-state index is 0.298. The highest BCUT2D eigenvalue weighted by Crippen LogP contribution is 2.26. The molecule has 17 heavy (non-hydrogen) atoms. The van der Waals surface area contributed by atoms with Crippen LogP contribution in [-0.2, 0) is 6.54 Å². The van der Waals surface area contributed by atoms with Crippen molar-refractivity contribution < 1.29 is 8.81 Å². The number of halogens is 2. The normalized spacial score (nSPS) is 11.6. The lowest BCUT2D eigenvalue weighted by Crippen LogP contribution is -2.18. The van der Waals surface area contributed by atoms with Gasteiger partial charge >= 0.3 is 0 Å². The van der Waals surface area contributed by atoms with E-state index in [4.69, 9.17) is 4.42 Å². The first kappa shape index (κ1) is 12.6. The van der Waals surface area contributed by atoms with Crippen LogP contribution in [-0.4, -0.2) is 6.54 Å². The lowest BCUT2D eigenvalue weighted by atomic mass is 10.2. The van der Waals surface area contributed by atoms with Gasteiger partial charge in [0, 0.05) is 11.5 Å². The molecule has 0 fully saturated rings. The molecule has 2 aromatic rings. The summed E-state index contributed by atoms with van der Waals surface area (Å²) >= 11 is 3.16. The molecule has 1 aromatic carbocycles. The Balaban J connectivity index is 2.14. The fourth-order valence-corrected chi connectivity index (χ4v) is 2.02. The highest BCUT2D eigenvalue weighted by atomic mass is 79.9. The Morgan fingerprint density at radius 2 is 2.12 bits per heavy atom. The van der Waals surface area contributed by atoms with Gasteiger partial charge in [0.1, 0.15) is 17.2 Å². The second kappa shape index (κ2) is 5.19. The molecule has 1 N–H and O–H groups in total. The quantitative estimate of drug-likeness (QED) is 0.920. The minimum atomic E-state index is -0.298. The van der Waals surface area contributed by atoms with Gasteiger partial charge in [-0.2, -0.15) is 0 Å². The molecule has 0 saturated heterocycles. The van der Waals surface area contributed by atoms with Crippen LogP contribution >= 0.6 is 15.9 Å². The molecule has 0 bridgehead atoms. The highest BCUT2D eigenvalue weighted by Gasteiger charge is 2.07. The first-order chi connectivity index (χ1) is 8.06. The topological polar surface area (TPSA) is 25.2 Å². The lowest BCUT2D eigenvalue weighted by molar-refractivity contribution is 0.484. The van der Waals surface area contributed by atoms with E-state index < -0.39 is 0 Å². The van der Waals surface area contributed by atoms with Crippen molar-refractivity contribution in [2.24, 2.45) is 5.92 Å². The summed E-state index contributed by atoms with van der Waals surface area (Å²) in [5.74, 6) is 1.14. The van der Waals surface area contributed by atoms with E-state index in [1.54, 1.807) is 6.07 Å². The summed E-state index contributed by atoms with van der Waals surface area (Å²) in [6, 6.07) is 5.08. The molecule has 2 rings (SSSR count). The molecule has 0 amide bonds. The van der Waals surface area contributed by atoms with Crippen molar-refractivity contribution in [1.82, 2.24) is 5.32 Å². The van der Waals surface area contributed by atoms with E-state index in [-0.39, 0.29) is 5.82 Å². The van der Waals surface area contributed by atoms with E-state index in [0.717, 1.165) is 17.7 Å². The second-order valence-corrected chi connectivity index (χ2v) is 5.40. The lowest BCUT2D eigenvalue weighted by Gasteiger charge is -2.04. The standard InChI is InChI=1S/C13H15BrFNO/c1-8(2)6-16-7-10-3-9-4-11(14)12(15)5-13(9)17-10/h3-5,8,16H,6-7H2,1-2H3. The molecule has 0 atom stereocenters. The molecule has 0 saturated carbocycles. The Morgan fingerprint density at radius 3 is 2.82 bits per heavy atom. The van der Waals surface area contributed by atoms with Crippen LogP contribution in [0.1, 0.15) is 19.6 Å². The number of hydrogen-bond donors (Lipinski definition) is 1. The van der Waals surface area contributed by atoms with Crippen molar-refractivity contribution in [2.75, 3.05) is 6.54 Å². The predicted molar refractivity (Wildman–Crippen MR) is 70.4 cm³/mol. The molecule has 0 radical (unpaired) electrons. The van der Waals surface area contributed by atoms with E-state index in [9.17, 15) is 4.39 Å². The zero-order chi connectivity index (χ0) is 12.4. The fraction of sp³-hybridized carbons (Fsp3) is 0.385. The minimum Gasteiger partial charge on any atom is -0.460 e. The molecule has 0 aliphatic rings. The number of benzene rings is 1. The third-order valence-electron chi connectivity index (χ3n) is 2.46. The molecule has 4 heteroatoms. The molecule has 2 nitrogen and oxygen atoms in total. The van der Waals surface area contributed by atoms with Gasteiger partial charge in [0.2, 0.25) is 0 Å². The zero-order valence-electron chi connectivity index (χ0n) is 9.89. The van der Waals surface area contributed by atoms with Gasteiger partial charge in [-0.1, -0.05) is 13.8 Å². The van der Waals surface area contributed by atoms with Gasteiger partial charge in [-0.25, -0.2) is 4.39 Å². The maximum Gasteiger partial charge on any atom is 0.141 e. The van der Waals surface area contributed by atoms with Gasteiger partial charge in [-0.15, -0.1) is 0 Å². The van der Waals surface area contributed by atoms with Crippen LogP contribution in [0.5, 0.6) is 0 Å². The molecule has 0 spiro atoms. The summed E-state index contributed by atoms with van der Waals surface area (Å²) in [5.41, 5.74) is 0.590. The van der Waals surface area contributed by atoms with Crippen molar-refractivity contribution in [3.05, 3.63) is 34.2 Å². The van der Waals surface area contributed by atoms with E-state index in [1.165, 1.54) is 6.07 Å². The molecule has 0 unspecified atom stereocenters. The zero-order valence-corrected chi connectivity index (χ0v) is 11.5. The van der Waals surface area contributed by atoms with Crippen molar-refractivity contribution in [2.45, 2.75) is 20.4 Å². The number of hydrogen-bond acceptors (Lipinski definition) is 2. The number of rotatable bonds is 4. The number of fused-ring (bicyclic) bond motifs is 1. The Bertz CT molecular complexity index is 482. The van der Waals surface area contributed by atoms with E-state index in [1.807, 2.05) is 6.07 Å². The molecule has 1 aromatic heterocycles. The van der Waals surface area contributed by atoms with Crippen LogP contribution < -0.4 is 5.32 Å². The average Bonchev–Trinajstić information content (AvgIpc) is 2.60. The molecular formula is C13H15BrFNO. The van der Waals surface area contributed by atoms with Crippen molar-refractivity contribution in [3.8, 4) is 0 Å². The van der Waals surface area contributed by atoms with Crippen molar-refractivity contribution in [1.29, 1.82) is 0 Å². The molecule has 0 aliphatic carbocycles. The first-order valence-electron chi connectivity index (χ1n) is 5.64. The largest absolute Gasteiger partial charge is 0.460 e. The summed E-state index contributed by atoms with van der Waals surface area (Å²) in [7, 11) is 0. The van der Waals surface area contributed by atoms with Gasteiger partial charge in [0.25, 0.3) is 0 Å². The Hall–Kier alpha value is -0.870. The van der Waals surface area contributed by atoms with Crippen LogP contribution in [0.4, 0.5) is 4.39 Å². The molecular weight excluding hydrogens is 285 g/mol. The Morgan fingerprint density at radius 1 is 1.35 bits per heavy atom. The van der Waals surface area contributed by atoms with Gasteiger partial charge < -0.3 is 9.73 Å². The fourth-order valence-electron chi connectivity index (χ4n) is 1.66. The van der Waals surface area contributed by atoms with Crippen LogP contribution in [0.3, 0.4) is 0 Å². The van der Waals surface area contributed by atoms with E-state index in [2.05, 4.69) is 35.1 Å². The monoisotopic (exact) mass is 299 g/mol. The summed E-state index contributed by atoms with van der Waals surface area (Å²) < 4.78 is 19.3. The number of furan rings is 1.